The average molecular weight is 440 g/mol. The number of nitrogens with one attached hydrogen (secondary N) is 2. The molecule has 0 spiro atoms. The van der Waals surface area contributed by atoms with Gasteiger partial charge in [0, 0.05) is 13.1 Å². The van der Waals surface area contributed by atoms with Gasteiger partial charge in [-0.2, -0.15) is 0 Å². The largest absolute Gasteiger partial charge is 0.493 e. The van der Waals surface area contributed by atoms with Crippen molar-refractivity contribution < 1.29 is 14.3 Å². The molecule has 164 valence electrons. The number of para-hydroxylation sites is 2. The molecule has 0 aliphatic heterocycles. The van der Waals surface area contributed by atoms with Crippen molar-refractivity contribution in [3.05, 3.63) is 59.7 Å². The third kappa shape index (κ3) is 5.82. The number of ether oxygens (including phenoxy) is 1. The van der Waals surface area contributed by atoms with E-state index in [1.54, 1.807) is 36.2 Å². The molecule has 0 heterocycles. The van der Waals surface area contributed by atoms with Gasteiger partial charge >= 0.3 is 0 Å². The fourth-order valence-corrected chi connectivity index (χ4v) is 3.95. The van der Waals surface area contributed by atoms with E-state index in [2.05, 4.69) is 10.6 Å². The Balaban J connectivity index is 1.72. The number of benzene rings is 2. The maximum atomic E-state index is 12.9. The molecule has 2 N–H and O–H groups in total. The van der Waals surface area contributed by atoms with Crippen molar-refractivity contribution in [2.45, 2.75) is 45.1 Å². The zero-order valence-corrected chi connectivity index (χ0v) is 18.8. The van der Waals surface area contributed by atoms with Gasteiger partial charge in [-0.05, 0) is 56.2 Å². The number of hydrogen-bond donors (Lipinski definition) is 2. The van der Waals surface area contributed by atoms with Crippen LogP contribution in [0.5, 0.6) is 5.75 Å². The van der Waals surface area contributed by atoms with E-state index in [0.717, 1.165) is 25.7 Å². The summed E-state index contributed by atoms with van der Waals surface area (Å²) >= 11 is 5.47. The highest BCUT2D eigenvalue weighted by Crippen LogP contribution is 2.23. The van der Waals surface area contributed by atoms with E-state index in [1.807, 2.05) is 31.2 Å². The van der Waals surface area contributed by atoms with Gasteiger partial charge in [0.05, 0.1) is 23.4 Å². The van der Waals surface area contributed by atoms with Crippen LogP contribution in [0.3, 0.4) is 0 Å². The Kier molecular flexibility index (Phi) is 8.00. The molecule has 0 radical (unpaired) electrons. The van der Waals surface area contributed by atoms with Crippen molar-refractivity contribution in [3.8, 4) is 5.75 Å². The minimum atomic E-state index is -0.356. The van der Waals surface area contributed by atoms with Gasteiger partial charge in [0.1, 0.15) is 5.75 Å². The molecular weight excluding hydrogens is 410 g/mol. The summed E-state index contributed by atoms with van der Waals surface area (Å²) in [5.74, 6) is 0.0235. The van der Waals surface area contributed by atoms with Crippen LogP contribution in [0.25, 0.3) is 0 Å². The quantitative estimate of drug-likeness (QED) is 0.657. The number of rotatable bonds is 6. The molecule has 6 nitrogen and oxygen atoms in total. The molecule has 1 saturated carbocycles. The SMILES string of the molecule is CCOc1ccccc1C(=O)NC(=S)N(C)c1ccccc1C(=O)NC1CCCCC1. The lowest BCUT2D eigenvalue weighted by Gasteiger charge is -2.26. The summed E-state index contributed by atoms with van der Waals surface area (Å²) in [7, 11) is 1.74. The molecule has 0 bridgehead atoms. The number of amides is 2. The summed E-state index contributed by atoms with van der Waals surface area (Å²) in [5.41, 5.74) is 1.57. The van der Waals surface area contributed by atoms with Gasteiger partial charge in [-0.3, -0.25) is 14.9 Å². The standard InChI is InChI=1S/C24H29N3O3S/c1-3-30-21-16-10-8-14-19(21)23(29)26-24(31)27(2)20-15-9-7-13-18(20)22(28)25-17-11-5-4-6-12-17/h7-10,13-17H,3-6,11-12H2,1-2H3,(H,25,28)(H,26,29,31). The summed E-state index contributed by atoms with van der Waals surface area (Å²) < 4.78 is 5.54. The van der Waals surface area contributed by atoms with E-state index >= 15 is 0 Å². The Morgan fingerprint density at radius 1 is 1.00 bits per heavy atom. The van der Waals surface area contributed by atoms with Crippen LogP contribution >= 0.6 is 12.2 Å². The minimum Gasteiger partial charge on any atom is -0.493 e. The Morgan fingerprint density at radius 3 is 2.35 bits per heavy atom. The van der Waals surface area contributed by atoms with Crippen LogP contribution in [0.4, 0.5) is 5.69 Å². The van der Waals surface area contributed by atoms with Crippen LogP contribution in [0, 0.1) is 0 Å². The first kappa shape index (κ1) is 22.7. The smallest absolute Gasteiger partial charge is 0.261 e. The first-order valence-electron chi connectivity index (χ1n) is 10.7. The van der Waals surface area contributed by atoms with Gasteiger partial charge in [0.2, 0.25) is 0 Å². The van der Waals surface area contributed by atoms with E-state index in [1.165, 1.54) is 6.42 Å². The maximum Gasteiger partial charge on any atom is 0.261 e. The summed E-state index contributed by atoms with van der Waals surface area (Å²) in [5, 5.41) is 6.10. The molecule has 2 amide bonds. The van der Waals surface area contributed by atoms with Crippen molar-refractivity contribution in [1.82, 2.24) is 10.6 Å². The van der Waals surface area contributed by atoms with Gasteiger partial charge in [-0.15, -0.1) is 0 Å². The zero-order valence-electron chi connectivity index (χ0n) is 18.0. The molecule has 1 aliphatic rings. The molecule has 1 aliphatic carbocycles. The Labute approximate surface area is 189 Å². The zero-order chi connectivity index (χ0) is 22.2. The molecule has 0 saturated heterocycles. The van der Waals surface area contributed by atoms with E-state index < -0.39 is 0 Å². The number of hydrogen-bond acceptors (Lipinski definition) is 4. The summed E-state index contributed by atoms with van der Waals surface area (Å²) in [6.45, 7) is 2.32. The lowest BCUT2D eigenvalue weighted by atomic mass is 9.95. The maximum absolute atomic E-state index is 12.9. The highest BCUT2D eigenvalue weighted by atomic mass is 32.1. The van der Waals surface area contributed by atoms with Gasteiger partial charge in [0.15, 0.2) is 5.11 Å². The van der Waals surface area contributed by atoms with E-state index in [0.29, 0.717) is 29.2 Å². The molecule has 31 heavy (non-hydrogen) atoms. The second-order valence-corrected chi connectivity index (χ2v) is 7.96. The molecular formula is C24H29N3O3S. The lowest BCUT2D eigenvalue weighted by molar-refractivity contribution is 0.0927. The van der Waals surface area contributed by atoms with Crippen molar-refractivity contribution in [3.63, 3.8) is 0 Å². The summed E-state index contributed by atoms with van der Waals surface area (Å²) in [4.78, 5) is 27.4. The van der Waals surface area contributed by atoms with Crippen LogP contribution < -0.4 is 20.3 Å². The third-order valence-corrected chi connectivity index (χ3v) is 5.78. The van der Waals surface area contributed by atoms with Gasteiger partial charge in [-0.1, -0.05) is 43.5 Å². The molecule has 2 aromatic rings. The number of thiocarbonyl (C=S) groups is 1. The number of anilines is 1. The number of carbonyl (C=O) groups excluding carboxylic acids is 2. The highest BCUT2D eigenvalue weighted by molar-refractivity contribution is 7.80. The van der Waals surface area contributed by atoms with Gasteiger partial charge < -0.3 is 15.0 Å². The van der Waals surface area contributed by atoms with Crippen LogP contribution in [0.15, 0.2) is 48.5 Å². The molecule has 2 aromatic carbocycles. The average Bonchev–Trinajstić information content (AvgIpc) is 2.79. The Bertz CT molecular complexity index is 941. The van der Waals surface area contributed by atoms with Crippen LogP contribution in [0.1, 0.15) is 59.7 Å². The van der Waals surface area contributed by atoms with Crippen molar-refractivity contribution >= 4 is 34.8 Å². The summed E-state index contributed by atoms with van der Waals surface area (Å²) in [6.07, 6.45) is 5.54. The highest BCUT2D eigenvalue weighted by Gasteiger charge is 2.22. The van der Waals surface area contributed by atoms with Crippen LogP contribution in [-0.4, -0.2) is 36.6 Å². The van der Waals surface area contributed by atoms with Crippen molar-refractivity contribution in [1.29, 1.82) is 0 Å². The first-order chi connectivity index (χ1) is 15.0. The minimum absolute atomic E-state index is 0.120. The predicted molar refractivity (Wildman–Crippen MR) is 127 cm³/mol. The molecule has 1 fully saturated rings. The van der Waals surface area contributed by atoms with E-state index in [9.17, 15) is 9.59 Å². The van der Waals surface area contributed by atoms with Crippen molar-refractivity contribution in [2.75, 3.05) is 18.6 Å². The second kappa shape index (κ2) is 10.9. The molecule has 0 unspecified atom stereocenters. The summed E-state index contributed by atoms with van der Waals surface area (Å²) in [6, 6.07) is 14.5. The van der Waals surface area contributed by atoms with Crippen molar-refractivity contribution in [2.24, 2.45) is 0 Å². The van der Waals surface area contributed by atoms with Gasteiger partial charge in [0.25, 0.3) is 11.8 Å². The lowest BCUT2D eigenvalue weighted by Crippen LogP contribution is -2.42. The number of nitrogens with zero attached hydrogens (tertiary/aromatic N) is 1. The van der Waals surface area contributed by atoms with Gasteiger partial charge in [-0.25, -0.2) is 0 Å². The topological polar surface area (TPSA) is 70.7 Å². The van der Waals surface area contributed by atoms with Crippen LogP contribution in [0.2, 0.25) is 0 Å². The first-order valence-corrected chi connectivity index (χ1v) is 11.1. The van der Waals surface area contributed by atoms with E-state index in [-0.39, 0.29) is 23.0 Å². The fourth-order valence-electron chi connectivity index (χ4n) is 3.76. The second-order valence-electron chi connectivity index (χ2n) is 7.57. The monoisotopic (exact) mass is 439 g/mol. The Hall–Kier alpha value is -2.93. The Morgan fingerprint density at radius 2 is 1.65 bits per heavy atom. The molecule has 0 aromatic heterocycles. The predicted octanol–water partition coefficient (Wildman–Crippen LogP) is 4.30. The normalized spacial score (nSPS) is 13.9. The third-order valence-electron chi connectivity index (χ3n) is 5.41. The molecule has 7 heteroatoms. The van der Waals surface area contributed by atoms with E-state index in [4.69, 9.17) is 17.0 Å². The van der Waals surface area contributed by atoms with Crippen LogP contribution in [-0.2, 0) is 0 Å². The molecule has 3 rings (SSSR count). The molecule has 0 atom stereocenters. The fraction of sp³-hybridized carbons (Fsp3) is 0.375. The number of carbonyl (C=O) groups is 2.